The standard InChI is InChI=1S/C15H21N5O2/c1-10-3-4-13(18-17-10)20-7-11(8-20)6-16-15(22)12-5-14(21)19(2)9-12/h3-4,11-12H,5-9H2,1-2H3,(H,16,22). The van der Waals surface area contributed by atoms with Crippen molar-refractivity contribution in [2.24, 2.45) is 11.8 Å². The Hall–Kier alpha value is -2.18. The molecule has 0 saturated carbocycles. The molecule has 0 aliphatic carbocycles. The van der Waals surface area contributed by atoms with Gasteiger partial charge in [-0.05, 0) is 19.1 Å². The zero-order valence-electron chi connectivity index (χ0n) is 13.0. The monoisotopic (exact) mass is 303 g/mol. The van der Waals surface area contributed by atoms with E-state index in [9.17, 15) is 9.59 Å². The number of aromatic nitrogens is 2. The molecule has 2 amide bonds. The smallest absolute Gasteiger partial charge is 0.225 e. The van der Waals surface area contributed by atoms with Crippen molar-refractivity contribution >= 4 is 17.6 Å². The maximum atomic E-state index is 12.0. The van der Waals surface area contributed by atoms with Gasteiger partial charge < -0.3 is 15.1 Å². The molecule has 1 aromatic heterocycles. The van der Waals surface area contributed by atoms with Crippen LogP contribution in [0.4, 0.5) is 5.82 Å². The average molecular weight is 303 g/mol. The molecule has 0 spiro atoms. The molecule has 3 heterocycles. The summed E-state index contributed by atoms with van der Waals surface area (Å²) in [6.07, 6.45) is 0.331. The predicted molar refractivity (Wildman–Crippen MR) is 81.2 cm³/mol. The molecule has 118 valence electrons. The molecule has 2 aliphatic rings. The lowest BCUT2D eigenvalue weighted by Crippen LogP contribution is -2.52. The maximum absolute atomic E-state index is 12.0. The lowest BCUT2D eigenvalue weighted by molar-refractivity contribution is -0.128. The molecule has 0 bridgehead atoms. The number of carbonyl (C=O) groups is 2. The topological polar surface area (TPSA) is 78.4 Å². The zero-order chi connectivity index (χ0) is 15.7. The van der Waals surface area contributed by atoms with E-state index in [-0.39, 0.29) is 17.7 Å². The summed E-state index contributed by atoms with van der Waals surface area (Å²) in [6, 6.07) is 3.92. The second kappa shape index (κ2) is 5.90. The Labute approximate surface area is 129 Å². The largest absolute Gasteiger partial charge is 0.355 e. The second-order valence-corrected chi connectivity index (χ2v) is 6.22. The number of nitrogens with zero attached hydrogens (tertiary/aromatic N) is 4. The van der Waals surface area contributed by atoms with Crippen LogP contribution in [0, 0.1) is 18.8 Å². The molecule has 0 aromatic carbocycles. The van der Waals surface area contributed by atoms with Crippen LogP contribution in [0.25, 0.3) is 0 Å². The average Bonchev–Trinajstić information content (AvgIpc) is 2.79. The molecule has 22 heavy (non-hydrogen) atoms. The first-order chi connectivity index (χ1) is 10.5. The predicted octanol–water partition coefficient (Wildman–Crippen LogP) is -0.184. The van der Waals surface area contributed by atoms with Gasteiger partial charge in [0.1, 0.15) is 0 Å². The Morgan fingerprint density at radius 2 is 2.09 bits per heavy atom. The van der Waals surface area contributed by atoms with Crippen LogP contribution >= 0.6 is 0 Å². The number of amides is 2. The van der Waals surface area contributed by atoms with Gasteiger partial charge in [0, 0.05) is 45.6 Å². The number of rotatable bonds is 4. The molecule has 1 unspecified atom stereocenters. The first-order valence-corrected chi connectivity index (χ1v) is 7.60. The third-order valence-corrected chi connectivity index (χ3v) is 4.34. The van der Waals surface area contributed by atoms with Gasteiger partial charge in [0.25, 0.3) is 0 Å². The molecule has 1 atom stereocenters. The van der Waals surface area contributed by atoms with E-state index in [2.05, 4.69) is 20.4 Å². The van der Waals surface area contributed by atoms with E-state index < -0.39 is 0 Å². The number of carbonyl (C=O) groups excluding carboxylic acids is 2. The minimum Gasteiger partial charge on any atom is -0.355 e. The van der Waals surface area contributed by atoms with Crippen molar-refractivity contribution in [1.82, 2.24) is 20.4 Å². The van der Waals surface area contributed by atoms with Crippen molar-refractivity contribution in [2.75, 3.05) is 38.1 Å². The van der Waals surface area contributed by atoms with Crippen molar-refractivity contribution in [2.45, 2.75) is 13.3 Å². The maximum Gasteiger partial charge on any atom is 0.225 e. The summed E-state index contributed by atoms with van der Waals surface area (Å²) in [5.41, 5.74) is 0.907. The van der Waals surface area contributed by atoms with Crippen molar-refractivity contribution < 1.29 is 9.59 Å². The van der Waals surface area contributed by atoms with E-state index >= 15 is 0 Å². The van der Waals surface area contributed by atoms with Gasteiger partial charge in [0.2, 0.25) is 11.8 Å². The van der Waals surface area contributed by atoms with Crippen LogP contribution in [0.15, 0.2) is 12.1 Å². The summed E-state index contributed by atoms with van der Waals surface area (Å²) >= 11 is 0. The lowest BCUT2D eigenvalue weighted by Gasteiger charge is -2.40. The molecule has 0 radical (unpaired) electrons. The highest BCUT2D eigenvalue weighted by molar-refractivity contribution is 5.89. The fourth-order valence-corrected chi connectivity index (χ4v) is 2.88. The molecule has 1 aromatic rings. The van der Waals surface area contributed by atoms with Crippen LogP contribution in [0.5, 0.6) is 0 Å². The lowest BCUT2D eigenvalue weighted by atomic mass is 9.99. The van der Waals surface area contributed by atoms with Crippen molar-refractivity contribution in [3.05, 3.63) is 17.8 Å². The van der Waals surface area contributed by atoms with E-state index in [0.717, 1.165) is 24.6 Å². The Balaban J connectivity index is 1.40. The minimum absolute atomic E-state index is 0.00808. The third kappa shape index (κ3) is 3.03. The number of likely N-dealkylation sites (tertiary alicyclic amines) is 1. The van der Waals surface area contributed by atoms with Gasteiger partial charge in [-0.2, -0.15) is 5.10 Å². The van der Waals surface area contributed by atoms with Gasteiger partial charge in [-0.25, -0.2) is 0 Å². The highest BCUT2D eigenvalue weighted by atomic mass is 16.2. The summed E-state index contributed by atoms with van der Waals surface area (Å²) in [4.78, 5) is 27.3. The summed E-state index contributed by atoms with van der Waals surface area (Å²) in [5.74, 6) is 1.16. The van der Waals surface area contributed by atoms with Crippen molar-refractivity contribution in [3.63, 3.8) is 0 Å². The van der Waals surface area contributed by atoms with E-state index in [1.807, 2.05) is 19.1 Å². The molecular weight excluding hydrogens is 282 g/mol. The van der Waals surface area contributed by atoms with Gasteiger partial charge in [-0.15, -0.1) is 5.10 Å². The van der Waals surface area contributed by atoms with E-state index in [1.54, 1.807) is 11.9 Å². The Morgan fingerprint density at radius 1 is 1.32 bits per heavy atom. The zero-order valence-corrected chi connectivity index (χ0v) is 13.0. The molecule has 7 nitrogen and oxygen atoms in total. The second-order valence-electron chi connectivity index (χ2n) is 6.22. The molecule has 7 heteroatoms. The highest BCUT2D eigenvalue weighted by Crippen LogP contribution is 2.22. The normalized spacial score (nSPS) is 21.9. The van der Waals surface area contributed by atoms with Crippen molar-refractivity contribution in [3.8, 4) is 0 Å². The molecule has 2 fully saturated rings. The molecule has 2 saturated heterocycles. The van der Waals surface area contributed by atoms with Gasteiger partial charge in [-0.1, -0.05) is 0 Å². The fourth-order valence-electron chi connectivity index (χ4n) is 2.88. The Bertz CT molecular complexity index is 568. The number of hydrogen-bond donors (Lipinski definition) is 1. The fraction of sp³-hybridized carbons (Fsp3) is 0.600. The summed E-state index contributed by atoms with van der Waals surface area (Å²) in [6.45, 7) is 4.85. The van der Waals surface area contributed by atoms with Gasteiger partial charge >= 0.3 is 0 Å². The number of anilines is 1. The molecule has 2 aliphatic heterocycles. The SMILES string of the molecule is Cc1ccc(N2CC(CNC(=O)C3CC(=O)N(C)C3)C2)nn1. The van der Waals surface area contributed by atoms with Gasteiger partial charge in [0.05, 0.1) is 11.6 Å². The summed E-state index contributed by atoms with van der Waals surface area (Å²) < 4.78 is 0. The van der Waals surface area contributed by atoms with Crippen LogP contribution in [0.2, 0.25) is 0 Å². The van der Waals surface area contributed by atoms with E-state index in [0.29, 0.717) is 25.4 Å². The van der Waals surface area contributed by atoms with Crippen LogP contribution in [0.3, 0.4) is 0 Å². The van der Waals surface area contributed by atoms with Crippen LogP contribution in [-0.4, -0.2) is 60.1 Å². The number of aryl methyl sites for hydroxylation is 1. The van der Waals surface area contributed by atoms with Gasteiger partial charge in [-0.3, -0.25) is 9.59 Å². The Morgan fingerprint density at radius 3 is 2.68 bits per heavy atom. The molecular formula is C15H21N5O2. The van der Waals surface area contributed by atoms with E-state index in [4.69, 9.17) is 0 Å². The van der Waals surface area contributed by atoms with E-state index in [1.165, 1.54) is 0 Å². The molecule has 1 N–H and O–H groups in total. The van der Waals surface area contributed by atoms with Gasteiger partial charge in [0.15, 0.2) is 5.82 Å². The minimum atomic E-state index is -0.198. The molecule has 3 rings (SSSR count). The number of nitrogens with one attached hydrogen (secondary N) is 1. The Kier molecular flexibility index (Phi) is 3.96. The highest BCUT2D eigenvalue weighted by Gasteiger charge is 2.33. The van der Waals surface area contributed by atoms with Crippen LogP contribution in [0.1, 0.15) is 12.1 Å². The third-order valence-electron chi connectivity index (χ3n) is 4.34. The quantitative estimate of drug-likeness (QED) is 0.834. The first-order valence-electron chi connectivity index (χ1n) is 7.60. The van der Waals surface area contributed by atoms with Crippen LogP contribution < -0.4 is 10.2 Å². The van der Waals surface area contributed by atoms with Crippen molar-refractivity contribution in [1.29, 1.82) is 0 Å². The summed E-state index contributed by atoms with van der Waals surface area (Å²) in [7, 11) is 1.74. The first kappa shape index (κ1) is 14.7. The number of hydrogen-bond acceptors (Lipinski definition) is 5. The van der Waals surface area contributed by atoms with Crippen LogP contribution in [-0.2, 0) is 9.59 Å². The summed E-state index contributed by atoms with van der Waals surface area (Å²) in [5, 5.41) is 11.2.